The van der Waals surface area contributed by atoms with Gasteiger partial charge in [0.15, 0.2) is 11.6 Å². The molecule has 4 aliphatic rings. The lowest BCUT2D eigenvalue weighted by molar-refractivity contribution is -0.140. The molecule has 0 bridgehead atoms. The van der Waals surface area contributed by atoms with Crippen LogP contribution in [0.4, 0.5) is 0 Å². The fourth-order valence-electron chi connectivity index (χ4n) is 6.43. The third-order valence-corrected chi connectivity index (χ3v) is 8.75. The zero-order valence-electron chi connectivity index (χ0n) is 20.1. The van der Waals surface area contributed by atoms with E-state index in [0.717, 1.165) is 16.7 Å². The zero-order chi connectivity index (χ0) is 26.0. The third kappa shape index (κ3) is 3.67. The van der Waals surface area contributed by atoms with Crippen LogP contribution in [0.25, 0.3) is 0 Å². The van der Waals surface area contributed by atoms with Gasteiger partial charge in [0.25, 0.3) is 0 Å². The number of nitrogens with zero attached hydrogens (tertiary/aromatic N) is 1. The van der Waals surface area contributed by atoms with Gasteiger partial charge in [0.2, 0.25) is 11.8 Å². The quantitative estimate of drug-likeness (QED) is 0.336. The molecule has 0 spiro atoms. The predicted octanol–water partition coefficient (Wildman–Crippen LogP) is 4.66. The number of aryl methyl sites for hydroxylation is 1. The van der Waals surface area contributed by atoms with E-state index >= 15 is 0 Å². The van der Waals surface area contributed by atoms with Gasteiger partial charge in [0, 0.05) is 23.1 Å². The van der Waals surface area contributed by atoms with E-state index in [0.29, 0.717) is 23.1 Å². The van der Waals surface area contributed by atoms with Crippen molar-refractivity contribution in [2.24, 2.45) is 17.8 Å². The molecule has 6 nitrogen and oxygen atoms in total. The van der Waals surface area contributed by atoms with E-state index in [1.165, 1.54) is 11.0 Å². The maximum atomic E-state index is 13.8. The van der Waals surface area contributed by atoms with Crippen molar-refractivity contribution in [1.82, 2.24) is 4.90 Å². The molecule has 4 atom stereocenters. The number of ketones is 2. The summed E-state index contributed by atoms with van der Waals surface area (Å²) in [6.45, 7) is 2.00. The second-order valence-electron chi connectivity index (χ2n) is 10.2. The van der Waals surface area contributed by atoms with Crippen LogP contribution in [0.5, 0.6) is 5.75 Å². The van der Waals surface area contributed by atoms with Crippen molar-refractivity contribution in [3.05, 3.63) is 98.6 Å². The molecule has 1 heterocycles. The Morgan fingerprint density at radius 3 is 2.49 bits per heavy atom. The summed E-state index contributed by atoms with van der Waals surface area (Å²) in [6, 6.07) is 14.6. The molecule has 2 amide bonds. The highest BCUT2D eigenvalue weighted by Crippen LogP contribution is 2.55. The van der Waals surface area contributed by atoms with Gasteiger partial charge in [-0.1, -0.05) is 54.1 Å². The van der Waals surface area contributed by atoms with E-state index in [2.05, 4.69) is 15.9 Å². The summed E-state index contributed by atoms with van der Waals surface area (Å²) in [4.78, 5) is 55.1. The Morgan fingerprint density at radius 2 is 1.76 bits per heavy atom. The Balaban J connectivity index is 1.45. The number of carbonyl (C=O) groups is 4. The molecule has 0 aromatic heterocycles. The molecule has 6 rings (SSSR count). The maximum absolute atomic E-state index is 13.8. The van der Waals surface area contributed by atoms with Gasteiger partial charge in [-0.3, -0.25) is 24.1 Å². The summed E-state index contributed by atoms with van der Waals surface area (Å²) in [6.07, 6.45) is 3.97. The first-order valence-corrected chi connectivity index (χ1v) is 13.1. The number of likely N-dealkylation sites (tertiary alicyclic amines) is 1. The number of phenolic OH excluding ortho intramolecular Hbond substituents is 1. The molecule has 0 radical (unpaired) electrons. The van der Waals surface area contributed by atoms with Crippen molar-refractivity contribution in [2.75, 3.05) is 0 Å². The van der Waals surface area contributed by atoms with Gasteiger partial charge in [-0.15, -0.1) is 0 Å². The monoisotopic (exact) mass is 557 g/mol. The minimum Gasteiger partial charge on any atom is -0.508 e. The summed E-state index contributed by atoms with van der Waals surface area (Å²) in [5, 5.41) is 10.1. The van der Waals surface area contributed by atoms with Gasteiger partial charge in [0.05, 0.1) is 22.9 Å². The molecule has 186 valence electrons. The number of carbonyl (C=O) groups excluding carboxylic acids is 4. The molecule has 1 saturated heterocycles. The molecule has 4 unspecified atom stereocenters. The number of allylic oxidation sites excluding steroid dienone is 6. The largest absolute Gasteiger partial charge is 0.508 e. The van der Waals surface area contributed by atoms with Gasteiger partial charge in [-0.25, -0.2) is 0 Å². The number of phenols is 1. The standard InChI is InChI=1S/C30H24BrNO5/c1-15-11-17(7-10-23(15)33)25-18-8-9-19-26(20(18)12-21-27(25)24(34)13-22(31)28(21)35)30(37)32(29(19)36)14-16-5-3-2-4-6-16/h2-8,10-11,13,19-20,25-26,33H,9,12,14H2,1H3. The number of amides is 2. The van der Waals surface area contributed by atoms with E-state index in [-0.39, 0.29) is 52.5 Å². The van der Waals surface area contributed by atoms with Gasteiger partial charge in [0.1, 0.15) is 5.75 Å². The third-order valence-electron chi connectivity index (χ3n) is 8.16. The first-order valence-electron chi connectivity index (χ1n) is 12.3. The van der Waals surface area contributed by atoms with Gasteiger partial charge in [-0.2, -0.15) is 0 Å². The second kappa shape index (κ2) is 8.77. The fourth-order valence-corrected chi connectivity index (χ4v) is 6.88. The topological polar surface area (TPSA) is 91.8 Å². The number of fused-ring (bicyclic) bond motifs is 3. The first-order chi connectivity index (χ1) is 17.8. The number of benzene rings is 2. The molecule has 0 saturated carbocycles. The Morgan fingerprint density at radius 1 is 1.00 bits per heavy atom. The van der Waals surface area contributed by atoms with Gasteiger partial charge >= 0.3 is 0 Å². The van der Waals surface area contributed by atoms with Gasteiger partial charge < -0.3 is 5.11 Å². The lowest BCUT2D eigenvalue weighted by atomic mass is 9.59. The molecule has 3 aliphatic carbocycles. The summed E-state index contributed by atoms with van der Waals surface area (Å²) >= 11 is 3.25. The van der Waals surface area contributed by atoms with E-state index < -0.39 is 17.8 Å². The van der Waals surface area contributed by atoms with Crippen LogP contribution in [0.15, 0.2) is 81.9 Å². The van der Waals surface area contributed by atoms with E-state index in [1.54, 1.807) is 19.1 Å². The van der Waals surface area contributed by atoms with Crippen LogP contribution < -0.4 is 0 Å². The maximum Gasteiger partial charge on any atom is 0.234 e. The van der Waals surface area contributed by atoms with Crippen molar-refractivity contribution < 1.29 is 24.3 Å². The van der Waals surface area contributed by atoms with Crippen molar-refractivity contribution in [1.29, 1.82) is 0 Å². The molecule has 2 aromatic rings. The van der Waals surface area contributed by atoms with E-state index in [4.69, 9.17) is 0 Å². The van der Waals surface area contributed by atoms with Crippen LogP contribution in [-0.2, 0) is 25.7 Å². The highest BCUT2D eigenvalue weighted by atomic mass is 79.9. The lowest BCUT2D eigenvalue weighted by Crippen LogP contribution is -2.39. The smallest absolute Gasteiger partial charge is 0.234 e. The number of hydrogen-bond acceptors (Lipinski definition) is 5. The highest BCUT2D eigenvalue weighted by molar-refractivity contribution is 9.12. The SMILES string of the molecule is Cc1cc(C2C3=CCC4C(=O)N(Cc5ccccc5)C(=O)C4C3CC3=C2C(=O)C=C(Br)C3=O)ccc1O. The molecule has 7 heteroatoms. The second-order valence-corrected chi connectivity index (χ2v) is 11.0. The Hall–Kier alpha value is -3.58. The number of Topliss-reactive ketones (excluding diaryl/α,β-unsaturated/α-hetero) is 1. The van der Waals surface area contributed by atoms with Crippen molar-refractivity contribution in [2.45, 2.75) is 32.2 Å². The van der Waals surface area contributed by atoms with Crippen LogP contribution in [-0.4, -0.2) is 33.4 Å². The molecule has 37 heavy (non-hydrogen) atoms. The summed E-state index contributed by atoms with van der Waals surface area (Å²) in [7, 11) is 0. The summed E-state index contributed by atoms with van der Waals surface area (Å²) in [5.41, 5.74) is 4.05. The van der Waals surface area contributed by atoms with Crippen molar-refractivity contribution >= 4 is 39.3 Å². The number of halogens is 1. The minimum atomic E-state index is -0.585. The number of rotatable bonds is 3. The first kappa shape index (κ1) is 23.8. The van der Waals surface area contributed by atoms with Crippen LogP contribution >= 0.6 is 15.9 Å². The van der Waals surface area contributed by atoms with Crippen LogP contribution in [0.3, 0.4) is 0 Å². The zero-order valence-corrected chi connectivity index (χ0v) is 21.7. The Kier molecular flexibility index (Phi) is 5.64. The van der Waals surface area contributed by atoms with Crippen molar-refractivity contribution in [3.8, 4) is 5.75 Å². The van der Waals surface area contributed by atoms with Gasteiger partial charge in [-0.05, 0) is 64.4 Å². The van der Waals surface area contributed by atoms with E-state index in [1.807, 2.05) is 42.5 Å². The van der Waals surface area contributed by atoms with Crippen LogP contribution in [0, 0.1) is 24.7 Å². The predicted molar refractivity (Wildman–Crippen MR) is 139 cm³/mol. The normalized spacial score (nSPS) is 27.0. The molecule has 1 N–H and O–H groups in total. The number of aromatic hydroxyl groups is 1. The van der Waals surface area contributed by atoms with E-state index in [9.17, 15) is 24.3 Å². The lowest BCUT2D eigenvalue weighted by Gasteiger charge is -2.42. The molecular weight excluding hydrogens is 534 g/mol. The average molecular weight is 558 g/mol. The molecule has 1 fully saturated rings. The molecule has 1 aliphatic heterocycles. The highest BCUT2D eigenvalue weighted by Gasteiger charge is 2.56. The molecule has 2 aromatic carbocycles. The number of imide groups is 1. The Labute approximate surface area is 222 Å². The summed E-state index contributed by atoms with van der Waals surface area (Å²) in [5.74, 6) is -2.71. The van der Waals surface area contributed by atoms with Crippen molar-refractivity contribution in [3.63, 3.8) is 0 Å². The Bertz CT molecular complexity index is 1480. The minimum absolute atomic E-state index is 0.143. The molecular formula is C30H24BrNO5. The fraction of sp³-hybridized carbons (Fsp3) is 0.267. The van der Waals surface area contributed by atoms with Crippen LogP contribution in [0.2, 0.25) is 0 Å². The number of hydrogen-bond donors (Lipinski definition) is 1. The van der Waals surface area contributed by atoms with Crippen LogP contribution in [0.1, 0.15) is 35.4 Å². The summed E-state index contributed by atoms with van der Waals surface area (Å²) < 4.78 is 0.205. The average Bonchev–Trinajstić information content (AvgIpc) is 3.13.